The van der Waals surface area contributed by atoms with E-state index in [4.69, 9.17) is 0 Å². The minimum Gasteiger partial charge on any atom is -0.258 e. The molecule has 0 fully saturated rings. The maximum absolute atomic E-state index is 14.5. The molecule has 8 nitrogen and oxygen atoms in total. The van der Waals surface area contributed by atoms with Gasteiger partial charge < -0.3 is 0 Å². The summed E-state index contributed by atoms with van der Waals surface area (Å²) in [5.74, 6) is 1.77. The largest absolute Gasteiger partial charge is 0.368 e. The van der Waals surface area contributed by atoms with E-state index in [1.807, 2.05) is 19.6 Å². The van der Waals surface area contributed by atoms with Crippen LogP contribution in [0.5, 0.6) is 0 Å². The number of halogens is 2. The lowest BCUT2D eigenvalue weighted by Crippen LogP contribution is -2.25. The third-order valence-corrected chi connectivity index (χ3v) is 4.08. The molecule has 0 aliphatic heterocycles. The molecule has 0 radical (unpaired) electrons. The average molecular weight is 381 g/mol. The topological polar surface area (TPSA) is 95.8 Å². The SMILES string of the molecule is C[Si](C)(C)C#Cc1cc(F)c(-n2nnn(CCCF)c2=O)cc1[N+](=O)[O-]. The number of alkyl halides is 1. The van der Waals surface area contributed by atoms with Crippen molar-refractivity contribution in [3.05, 3.63) is 44.1 Å². The molecule has 0 aliphatic carbocycles. The highest BCUT2D eigenvalue weighted by Crippen LogP contribution is 2.24. The summed E-state index contributed by atoms with van der Waals surface area (Å²) < 4.78 is 28.2. The van der Waals surface area contributed by atoms with Crippen LogP contribution in [0.4, 0.5) is 14.5 Å². The summed E-state index contributed by atoms with van der Waals surface area (Å²) in [6.07, 6.45) is 0.0481. The van der Waals surface area contributed by atoms with Crippen LogP contribution in [-0.4, -0.2) is 39.5 Å². The molecule has 0 N–H and O–H groups in total. The van der Waals surface area contributed by atoms with Crippen molar-refractivity contribution in [1.29, 1.82) is 0 Å². The highest BCUT2D eigenvalue weighted by molar-refractivity contribution is 6.83. The van der Waals surface area contributed by atoms with Gasteiger partial charge in [0.2, 0.25) is 0 Å². The summed E-state index contributed by atoms with van der Waals surface area (Å²) in [7, 11) is -1.83. The number of tetrazole rings is 1. The second kappa shape index (κ2) is 7.57. The van der Waals surface area contributed by atoms with Crippen molar-refractivity contribution < 1.29 is 13.7 Å². The second-order valence-electron chi connectivity index (χ2n) is 6.52. The van der Waals surface area contributed by atoms with Crippen molar-refractivity contribution in [1.82, 2.24) is 19.8 Å². The van der Waals surface area contributed by atoms with Gasteiger partial charge in [-0.15, -0.1) is 5.54 Å². The molecule has 1 aromatic heterocycles. The Morgan fingerprint density at radius 1 is 1.31 bits per heavy atom. The van der Waals surface area contributed by atoms with Gasteiger partial charge in [-0.25, -0.2) is 9.18 Å². The molecule has 1 aromatic carbocycles. The molecule has 0 amide bonds. The molecule has 0 atom stereocenters. The molecule has 0 bridgehead atoms. The molecule has 0 saturated carbocycles. The Balaban J connectivity index is 2.57. The van der Waals surface area contributed by atoms with E-state index >= 15 is 0 Å². The Kier molecular flexibility index (Phi) is 5.66. The molecule has 2 aromatic rings. The molecule has 2 rings (SSSR count). The predicted octanol–water partition coefficient (Wildman–Crippen LogP) is 2.06. The van der Waals surface area contributed by atoms with Gasteiger partial charge in [-0.2, -0.15) is 9.36 Å². The molecule has 0 aliphatic rings. The fourth-order valence-electron chi connectivity index (χ4n) is 1.99. The smallest absolute Gasteiger partial charge is 0.258 e. The van der Waals surface area contributed by atoms with E-state index in [-0.39, 0.29) is 18.5 Å². The van der Waals surface area contributed by atoms with E-state index in [0.717, 1.165) is 16.8 Å². The summed E-state index contributed by atoms with van der Waals surface area (Å²) in [6, 6.07) is 1.81. The number of hydrogen-bond acceptors (Lipinski definition) is 5. The number of aromatic nitrogens is 4. The van der Waals surface area contributed by atoms with Crippen LogP contribution < -0.4 is 5.69 Å². The molecule has 26 heavy (non-hydrogen) atoms. The van der Waals surface area contributed by atoms with Gasteiger partial charge in [0, 0.05) is 6.07 Å². The van der Waals surface area contributed by atoms with Crippen LogP contribution in [-0.2, 0) is 6.54 Å². The zero-order valence-corrected chi connectivity index (χ0v) is 15.5. The molecule has 138 valence electrons. The third kappa shape index (κ3) is 4.40. The summed E-state index contributed by atoms with van der Waals surface area (Å²) in [6.45, 7) is 5.17. The Hall–Kier alpha value is -2.87. The van der Waals surface area contributed by atoms with Crippen molar-refractivity contribution in [2.24, 2.45) is 0 Å². The third-order valence-electron chi connectivity index (χ3n) is 3.21. The van der Waals surface area contributed by atoms with E-state index in [9.17, 15) is 23.7 Å². The number of nitro groups is 1. The number of benzene rings is 1. The van der Waals surface area contributed by atoms with E-state index in [2.05, 4.69) is 21.9 Å². The zero-order chi connectivity index (χ0) is 19.5. The maximum Gasteiger partial charge on any atom is 0.368 e. The number of rotatable bonds is 5. The van der Waals surface area contributed by atoms with Crippen molar-refractivity contribution in [3.63, 3.8) is 0 Å². The monoisotopic (exact) mass is 381 g/mol. The van der Waals surface area contributed by atoms with E-state index in [1.165, 1.54) is 0 Å². The van der Waals surface area contributed by atoms with Crippen LogP contribution in [0.25, 0.3) is 5.69 Å². The molecule has 0 saturated heterocycles. The first kappa shape index (κ1) is 19.5. The summed E-state index contributed by atoms with van der Waals surface area (Å²) in [5.41, 5.74) is 1.21. The first-order valence-electron chi connectivity index (χ1n) is 7.74. The van der Waals surface area contributed by atoms with Gasteiger partial charge in [-0.05, 0) is 22.9 Å². The predicted molar refractivity (Wildman–Crippen MR) is 93.0 cm³/mol. The summed E-state index contributed by atoms with van der Waals surface area (Å²) in [5, 5.41) is 18.4. The lowest BCUT2D eigenvalue weighted by Gasteiger charge is -2.05. The van der Waals surface area contributed by atoms with E-state index in [1.54, 1.807) is 0 Å². The number of aryl methyl sites for hydroxylation is 1. The molecule has 11 heteroatoms. The second-order valence-corrected chi connectivity index (χ2v) is 11.3. The minimum atomic E-state index is -1.83. The molecular formula is C15H17F2N5O3Si. The molecular weight excluding hydrogens is 364 g/mol. The minimum absolute atomic E-state index is 0.0290. The number of nitrogens with zero attached hydrogens (tertiary/aromatic N) is 5. The highest BCUT2D eigenvalue weighted by Gasteiger charge is 2.21. The Morgan fingerprint density at radius 2 is 2.00 bits per heavy atom. The normalized spacial score (nSPS) is 11.1. The van der Waals surface area contributed by atoms with Gasteiger partial charge in [0.15, 0.2) is 5.82 Å². The number of nitro benzene ring substituents is 1. The van der Waals surface area contributed by atoms with Crippen molar-refractivity contribution in [2.45, 2.75) is 32.6 Å². The van der Waals surface area contributed by atoms with E-state index < -0.39 is 42.6 Å². The first-order chi connectivity index (χ1) is 12.1. The standard InChI is InChI=1S/C15H17F2N5O3Si/c1-26(2,3)8-5-11-9-12(17)14(10-13(11)22(24)25)21-15(23)20(18-19-21)7-4-6-16/h9-10H,4,6-7H2,1-3H3. The average Bonchev–Trinajstić information content (AvgIpc) is 2.90. The lowest BCUT2D eigenvalue weighted by atomic mass is 10.1. The van der Waals surface area contributed by atoms with Crippen LogP contribution in [0.15, 0.2) is 16.9 Å². The van der Waals surface area contributed by atoms with Gasteiger partial charge >= 0.3 is 5.69 Å². The Bertz CT molecular complexity index is 953. The van der Waals surface area contributed by atoms with Crippen molar-refractivity contribution in [2.75, 3.05) is 6.67 Å². The summed E-state index contributed by atoms with van der Waals surface area (Å²) in [4.78, 5) is 22.8. The first-order valence-corrected chi connectivity index (χ1v) is 11.2. The quantitative estimate of drug-likeness (QED) is 0.342. The fraction of sp³-hybridized carbons (Fsp3) is 0.400. The zero-order valence-electron chi connectivity index (χ0n) is 14.5. The Morgan fingerprint density at radius 3 is 2.58 bits per heavy atom. The molecule has 1 heterocycles. The van der Waals surface area contributed by atoms with Gasteiger partial charge in [-0.3, -0.25) is 14.5 Å². The van der Waals surface area contributed by atoms with Gasteiger partial charge in [0.05, 0.1) is 18.1 Å². The van der Waals surface area contributed by atoms with Crippen LogP contribution in [0.1, 0.15) is 12.0 Å². The fourth-order valence-corrected chi connectivity index (χ4v) is 2.50. The highest BCUT2D eigenvalue weighted by atomic mass is 28.3. The Labute approximate surface area is 148 Å². The maximum atomic E-state index is 14.5. The van der Waals surface area contributed by atoms with Crippen LogP contribution in [0.2, 0.25) is 19.6 Å². The molecule has 0 unspecified atom stereocenters. The summed E-state index contributed by atoms with van der Waals surface area (Å²) >= 11 is 0. The molecule has 0 spiro atoms. The van der Waals surface area contributed by atoms with Gasteiger partial charge in [0.1, 0.15) is 19.3 Å². The van der Waals surface area contributed by atoms with Crippen molar-refractivity contribution in [3.8, 4) is 17.2 Å². The van der Waals surface area contributed by atoms with Crippen molar-refractivity contribution >= 4 is 13.8 Å². The lowest BCUT2D eigenvalue weighted by molar-refractivity contribution is -0.385. The van der Waals surface area contributed by atoms with Crippen LogP contribution in [0, 0.1) is 27.4 Å². The van der Waals surface area contributed by atoms with Crippen LogP contribution >= 0.6 is 0 Å². The van der Waals surface area contributed by atoms with Gasteiger partial charge in [-0.1, -0.05) is 25.6 Å². The van der Waals surface area contributed by atoms with E-state index in [0.29, 0.717) is 4.68 Å². The van der Waals surface area contributed by atoms with Gasteiger partial charge in [0.25, 0.3) is 5.69 Å². The number of hydrogen-bond donors (Lipinski definition) is 0. The van der Waals surface area contributed by atoms with Crippen LogP contribution in [0.3, 0.4) is 0 Å².